The highest BCUT2D eigenvalue weighted by molar-refractivity contribution is 5.95. The molecule has 0 aliphatic rings. The molecule has 1 aromatic heterocycles. The lowest BCUT2D eigenvalue weighted by atomic mass is 10.1. The predicted octanol–water partition coefficient (Wildman–Crippen LogP) is 3.23. The summed E-state index contributed by atoms with van der Waals surface area (Å²) < 4.78 is 2.07. The SMILES string of the molecule is Cc1cc(C(=O)NCc2cc([N+](=O)[O-])ccc2O)c(C)n1C(C)C. The molecule has 2 N–H and O–H groups in total. The Bertz CT molecular complexity index is 793. The van der Waals surface area contributed by atoms with Gasteiger partial charge in [0.25, 0.3) is 11.6 Å². The second-order valence-electron chi connectivity index (χ2n) is 6.00. The van der Waals surface area contributed by atoms with Crippen molar-refractivity contribution < 1.29 is 14.8 Å². The Balaban J connectivity index is 2.19. The maximum absolute atomic E-state index is 12.4. The Labute approximate surface area is 140 Å². The van der Waals surface area contributed by atoms with Crippen LogP contribution in [0.15, 0.2) is 24.3 Å². The van der Waals surface area contributed by atoms with Crippen molar-refractivity contribution in [3.05, 3.63) is 56.9 Å². The first-order chi connectivity index (χ1) is 11.2. The first-order valence-electron chi connectivity index (χ1n) is 7.65. The van der Waals surface area contributed by atoms with E-state index in [0.29, 0.717) is 11.1 Å². The Morgan fingerprint density at radius 2 is 2.00 bits per heavy atom. The summed E-state index contributed by atoms with van der Waals surface area (Å²) in [4.78, 5) is 22.7. The maximum atomic E-state index is 12.4. The van der Waals surface area contributed by atoms with Crippen LogP contribution in [0.3, 0.4) is 0 Å². The molecule has 0 spiro atoms. The molecule has 7 heteroatoms. The summed E-state index contributed by atoms with van der Waals surface area (Å²) in [6.07, 6.45) is 0. The maximum Gasteiger partial charge on any atom is 0.270 e. The number of aromatic hydroxyl groups is 1. The number of nitro benzene ring substituents is 1. The van der Waals surface area contributed by atoms with Crippen LogP contribution in [0.4, 0.5) is 5.69 Å². The zero-order valence-electron chi connectivity index (χ0n) is 14.2. The number of hydrogen-bond donors (Lipinski definition) is 2. The minimum atomic E-state index is -0.541. The van der Waals surface area contributed by atoms with Crippen LogP contribution < -0.4 is 5.32 Å². The van der Waals surface area contributed by atoms with Crippen LogP contribution in [0.5, 0.6) is 5.75 Å². The van der Waals surface area contributed by atoms with E-state index in [2.05, 4.69) is 9.88 Å². The summed E-state index contributed by atoms with van der Waals surface area (Å²) in [5.74, 6) is -0.366. The van der Waals surface area contributed by atoms with Crippen LogP contribution in [0.2, 0.25) is 0 Å². The fourth-order valence-corrected chi connectivity index (χ4v) is 2.90. The Kier molecular flexibility index (Phi) is 4.92. The smallest absolute Gasteiger partial charge is 0.270 e. The second-order valence-corrected chi connectivity index (χ2v) is 6.00. The molecule has 1 heterocycles. The number of phenolic OH excluding ortho intramolecular Hbond substituents is 1. The normalized spacial score (nSPS) is 10.9. The first-order valence-corrected chi connectivity index (χ1v) is 7.65. The van der Waals surface area contributed by atoms with E-state index in [1.54, 1.807) is 0 Å². The van der Waals surface area contributed by atoms with Crippen LogP contribution in [0.1, 0.15) is 47.2 Å². The number of hydrogen-bond acceptors (Lipinski definition) is 4. The van der Waals surface area contributed by atoms with Crippen molar-refractivity contribution >= 4 is 11.6 Å². The van der Waals surface area contributed by atoms with Gasteiger partial charge in [0, 0.05) is 41.7 Å². The van der Waals surface area contributed by atoms with Crippen molar-refractivity contribution in [2.24, 2.45) is 0 Å². The van der Waals surface area contributed by atoms with Gasteiger partial charge in [-0.15, -0.1) is 0 Å². The van der Waals surface area contributed by atoms with Gasteiger partial charge in [-0.25, -0.2) is 0 Å². The van der Waals surface area contributed by atoms with Crippen molar-refractivity contribution in [2.45, 2.75) is 40.3 Å². The molecule has 0 unspecified atom stereocenters. The molecular weight excluding hydrogens is 310 g/mol. The molecule has 0 fully saturated rings. The third-order valence-corrected chi connectivity index (χ3v) is 3.96. The molecule has 2 rings (SSSR count). The Morgan fingerprint density at radius 3 is 2.54 bits per heavy atom. The molecule has 0 aliphatic heterocycles. The van der Waals surface area contributed by atoms with E-state index in [-0.39, 0.29) is 29.9 Å². The average molecular weight is 331 g/mol. The number of amides is 1. The van der Waals surface area contributed by atoms with Gasteiger partial charge >= 0.3 is 0 Å². The molecule has 24 heavy (non-hydrogen) atoms. The molecule has 0 bridgehead atoms. The van der Waals surface area contributed by atoms with E-state index >= 15 is 0 Å². The number of benzene rings is 1. The Hall–Kier alpha value is -2.83. The topological polar surface area (TPSA) is 97.4 Å². The van der Waals surface area contributed by atoms with Crippen LogP contribution in [-0.2, 0) is 6.54 Å². The first kappa shape index (κ1) is 17.5. The van der Waals surface area contributed by atoms with E-state index in [0.717, 1.165) is 11.4 Å². The molecule has 0 saturated heterocycles. The molecule has 0 radical (unpaired) electrons. The number of non-ortho nitro benzene ring substituents is 1. The van der Waals surface area contributed by atoms with Gasteiger partial charge in [0.2, 0.25) is 0 Å². The molecule has 7 nitrogen and oxygen atoms in total. The summed E-state index contributed by atoms with van der Waals surface area (Å²) in [6.45, 7) is 7.92. The van der Waals surface area contributed by atoms with Crippen molar-refractivity contribution in [2.75, 3.05) is 0 Å². The Morgan fingerprint density at radius 1 is 1.33 bits per heavy atom. The van der Waals surface area contributed by atoms with E-state index in [1.165, 1.54) is 18.2 Å². The monoisotopic (exact) mass is 331 g/mol. The van der Waals surface area contributed by atoms with Crippen molar-refractivity contribution in [3.8, 4) is 5.75 Å². The number of aromatic nitrogens is 1. The molecular formula is C17H21N3O4. The fraction of sp³-hybridized carbons (Fsp3) is 0.353. The van der Waals surface area contributed by atoms with Crippen LogP contribution in [0, 0.1) is 24.0 Å². The highest BCUT2D eigenvalue weighted by Gasteiger charge is 2.18. The summed E-state index contributed by atoms with van der Waals surface area (Å²) >= 11 is 0. The molecule has 0 atom stereocenters. The molecule has 2 aromatic rings. The zero-order chi connectivity index (χ0) is 18.0. The van der Waals surface area contributed by atoms with Gasteiger partial charge in [0.05, 0.1) is 10.5 Å². The van der Waals surface area contributed by atoms with Crippen molar-refractivity contribution in [3.63, 3.8) is 0 Å². The number of nitrogens with zero attached hydrogens (tertiary/aromatic N) is 2. The van der Waals surface area contributed by atoms with Crippen molar-refractivity contribution in [1.82, 2.24) is 9.88 Å². The van der Waals surface area contributed by atoms with Gasteiger partial charge < -0.3 is 15.0 Å². The third-order valence-electron chi connectivity index (χ3n) is 3.96. The summed E-state index contributed by atoms with van der Waals surface area (Å²) in [5, 5.41) is 23.3. The average Bonchev–Trinajstić information content (AvgIpc) is 2.80. The summed E-state index contributed by atoms with van der Waals surface area (Å²) in [5.41, 5.74) is 2.59. The number of nitro groups is 1. The molecule has 128 valence electrons. The lowest BCUT2D eigenvalue weighted by molar-refractivity contribution is -0.384. The molecule has 0 aliphatic carbocycles. The minimum absolute atomic E-state index is 0.0116. The van der Waals surface area contributed by atoms with Gasteiger partial charge in [-0.3, -0.25) is 14.9 Å². The summed E-state index contributed by atoms with van der Waals surface area (Å²) in [7, 11) is 0. The fourth-order valence-electron chi connectivity index (χ4n) is 2.90. The number of rotatable bonds is 5. The highest BCUT2D eigenvalue weighted by Crippen LogP contribution is 2.23. The number of carbonyl (C=O) groups excluding carboxylic acids is 1. The number of nitrogens with one attached hydrogen (secondary N) is 1. The van der Waals surface area contributed by atoms with Crippen LogP contribution in [-0.4, -0.2) is 20.5 Å². The van der Waals surface area contributed by atoms with E-state index < -0.39 is 4.92 Å². The van der Waals surface area contributed by atoms with Gasteiger partial charge in [-0.2, -0.15) is 0 Å². The van der Waals surface area contributed by atoms with Crippen LogP contribution in [0.25, 0.3) is 0 Å². The van der Waals surface area contributed by atoms with Crippen LogP contribution >= 0.6 is 0 Å². The lowest BCUT2D eigenvalue weighted by Gasteiger charge is -2.13. The lowest BCUT2D eigenvalue weighted by Crippen LogP contribution is -2.23. The van der Waals surface area contributed by atoms with Gasteiger partial charge in [0.15, 0.2) is 0 Å². The standard InChI is InChI=1S/C17H21N3O4/c1-10(2)19-11(3)7-15(12(19)4)17(22)18-9-13-8-14(20(23)24)5-6-16(13)21/h5-8,10,21H,9H2,1-4H3,(H,18,22). The quantitative estimate of drug-likeness (QED) is 0.649. The predicted molar refractivity (Wildman–Crippen MR) is 90.2 cm³/mol. The van der Waals surface area contributed by atoms with E-state index in [4.69, 9.17) is 0 Å². The number of carbonyl (C=O) groups is 1. The van der Waals surface area contributed by atoms with E-state index in [1.807, 2.05) is 33.8 Å². The molecule has 0 saturated carbocycles. The number of aryl methyl sites for hydroxylation is 1. The van der Waals surface area contributed by atoms with Gasteiger partial charge in [-0.1, -0.05) is 0 Å². The van der Waals surface area contributed by atoms with E-state index in [9.17, 15) is 20.0 Å². The van der Waals surface area contributed by atoms with Crippen molar-refractivity contribution in [1.29, 1.82) is 0 Å². The number of phenols is 1. The highest BCUT2D eigenvalue weighted by atomic mass is 16.6. The third kappa shape index (κ3) is 3.40. The van der Waals surface area contributed by atoms with Gasteiger partial charge in [-0.05, 0) is 39.8 Å². The summed E-state index contributed by atoms with van der Waals surface area (Å²) in [6, 6.07) is 5.79. The van der Waals surface area contributed by atoms with Gasteiger partial charge in [0.1, 0.15) is 5.75 Å². The largest absolute Gasteiger partial charge is 0.508 e. The second kappa shape index (κ2) is 6.74. The zero-order valence-corrected chi connectivity index (χ0v) is 14.2. The molecule has 1 amide bonds. The minimum Gasteiger partial charge on any atom is -0.508 e. The molecule has 1 aromatic carbocycles.